The van der Waals surface area contributed by atoms with Gasteiger partial charge in [0, 0.05) is 7.05 Å². The van der Waals surface area contributed by atoms with Crippen LogP contribution in [0.25, 0.3) is 0 Å². The van der Waals surface area contributed by atoms with Gasteiger partial charge in [0.1, 0.15) is 11.6 Å². The van der Waals surface area contributed by atoms with Crippen LogP contribution in [-0.4, -0.2) is 38.1 Å². The molecule has 0 spiro atoms. The molecule has 1 aromatic heterocycles. The number of aromatic nitrogens is 2. The Morgan fingerprint density at radius 1 is 1.40 bits per heavy atom. The minimum absolute atomic E-state index is 0.0613. The second kappa shape index (κ2) is 4.92. The molecule has 110 valence electrons. The van der Waals surface area contributed by atoms with Gasteiger partial charge in [-0.3, -0.25) is 14.3 Å². The van der Waals surface area contributed by atoms with Crippen LogP contribution in [0, 0.1) is 0 Å². The number of amides is 2. The highest BCUT2D eigenvalue weighted by atomic mass is 16.2. The molecule has 0 aliphatic carbocycles. The standard InChI is InChI=1S/C14H22N4O2/c1-6-10-7-11(17(5)16-10)8-18-12(19)9(2)15-13(20)14(18,3)4/h7,9H,6,8H2,1-5H3,(H,15,20). The third-order valence-electron chi connectivity index (χ3n) is 3.92. The quantitative estimate of drug-likeness (QED) is 0.881. The first kappa shape index (κ1) is 14.6. The average Bonchev–Trinajstić information content (AvgIpc) is 2.73. The summed E-state index contributed by atoms with van der Waals surface area (Å²) in [4.78, 5) is 26.1. The number of rotatable bonds is 3. The lowest BCUT2D eigenvalue weighted by Gasteiger charge is -2.43. The number of nitrogens with zero attached hydrogens (tertiary/aromatic N) is 3. The van der Waals surface area contributed by atoms with E-state index in [1.165, 1.54) is 0 Å². The van der Waals surface area contributed by atoms with E-state index in [-0.39, 0.29) is 11.8 Å². The van der Waals surface area contributed by atoms with Gasteiger partial charge in [-0.1, -0.05) is 6.92 Å². The highest BCUT2D eigenvalue weighted by molar-refractivity contribution is 5.99. The van der Waals surface area contributed by atoms with Gasteiger partial charge < -0.3 is 10.2 Å². The van der Waals surface area contributed by atoms with Crippen molar-refractivity contribution < 1.29 is 9.59 Å². The predicted molar refractivity (Wildman–Crippen MR) is 74.8 cm³/mol. The molecule has 1 unspecified atom stereocenters. The van der Waals surface area contributed by atoms with Crippen LogP contribution >= 0.6 is 0 Å². The fraction of sp³-hybridized carbons (Fsp3) is 0.643. The number of piperazine rings is 1. The second-order valence-electron chi connectivity index (χ2n) is 5.78. The van der Waals surface area contributed by atoms with Crippen molar-refractivity contribution in [1.29, 1.82) is 0 Å². The van der Waals surface area contributed by atoms with E-state index in [0.29, 0.717) is 6.54 Å². The lowest BCUT2D eigenvalue weighted by Crippen LogP contribution is -2.67. The lowest BCUT2D eigenvalue weighted by molar-refractivity contribution is -0.155. The summed E-state index contributed by atoms with van der Waals surface area (Å²) < 4.78 is 1.78. The van der Waals surface area contributed by atoms with Gasteiger partial charge in [-0.2, -0.15) is 5.10 Å². The van der Waals surface area contributed by atoms with Crippen molar-refractivity contribution in [2.75, 3.05) is 0 Å². The predicted octanol–water partition coefficient (Wildman–Crippen LogP) is 0.608. The molecule has 0 bridgehead atoms. The van der Waals surface area contributed by atoms with Crippen LogP contribution in [0.15, 0.2) is 6.07 Å². The highest BCUT2D eigenvalue weighted by Crippen LogP contribution is 2.23. The van der Waals surface area contributed by atoms with Gasteiger partial charge in [-0.25, -0.2) is 0 Å². The molecule has 6 heteroatoms. The van der Waals surface area contributed by atoms with E-state index in [1.54, 1.807) is 30.4 Å². The Kier molecular flexibility index (Phi) is 3.58. The van der Waals surface area contributed by atoms with Crippen molar-refractivity contribution in [3.05, 3.63) is 17.5 Å². The van der Waals surface area contributed by atoms with E-state index < -0.39 is 11.6 Å². The molecular weight excluding hydrogens is 256 g/mol. The van der Waals surface area contributed by atoms with Gasteiger partial charge >= 0.3 is 0 Å². The van der Waals surface area contributed by atoms with Crippen molar-refractivity contribution in [3.8, 4) is 0 Å². The summed E-state index contributed by atoms with van der Waals surface area (Å²) in [6.45, 7) is 7.68. The molecule has 1 aliphatic rings. The van der Waals surface area contributed by atoms with Gasteiger partial charge in [0.25, 0.3) is 0 Å². The smallest absolute Gasteiger partial charge is 0.246 e. The molecule has 1 saturated heterocycles. The van der Waals surface area contributed by atoms with E-state index in [9.17, 15) is 9.59 Å². The van der Waals surface area contributed by atoms with Crippen molar-refractivity contribution in [2.24, 2.45) is 7.05 Å². The van der Waals surface area contributed by atoms with E-state index in [4.69, 9.17) is 0 Å². The molecule has 1 aliphatic heterocycles. The van der Waals surface area contributed by atoms with Gasteiger partial charge in [0.2, 0.25) is 11.8 Å². The SMILES string of the molecule is CCc1cc(CN2C(=O)C(C)NC(=O)C2(C)C)n(C)n1. The van der Waals surface area contributed by atoms with Crippen molar-refractivity contribution in [1.82, 2.24) is 20.0 Å². The zero-order valence-corrected chi connectivity index (χ0v) is 12.7. The Bertz CT molecular complexity index is 547. The second-order valence-corrected chi connectivity index (χ2v) is 5.78. The lowest BCUT2D eigenvalue weighted by atomic mass is 9.96. The molecular formula is C14H22N4O2. The molecule has 0 saturated carbocycles. The first-order chi connectivity index (χ1) is 9.27. The summed E-state index contributed by atoms with van der Waals surface area (Å²) in [5.41, 5.74) is 1.08. The van der Waals surface area contributed by atoms with E-state index >= 15 is 0 Å². The van der Waals surface area contributed by atoms with Gasteiger partial charge in [-0.15, -0.1) is 0 Å². The summed E-state index contributed by atoms with van der Waals surface area (Å²) >= 11 is 0. The third-order valence-corrected chi connectivity index (χ3v) is 3.92. The fourth-order valence-electron chi connectivity index (χ4n) is 2.40. The molecule has 1 N–H and O–H groups in total. The highest BCUT2D eigenvalue weighted by Gasteiger charge is 2.44. The Balaban J connectivity index is 2.31. The molecule has 20 heavy (non-hydrogen) atoms. The Labute approximate surface area is 119 Å². The topological polar surface area (TPSA) is 67.2 Å². The van der Waals surface area contributed by atoms with Crippen molar-refractivity contribution >= 4 is 11.8 Å². The molecule has 2 rings (SSSR count). The monoisotopic (exact) mass is 278 g/mol. The van der Waals surface area contributed by atoms with Crippen LogP contribution in [0.2, 0.25) is 0 Å². The van der Waals surface area contributed by atoms with E-state index in [2.05, 4.69) is 10.4 Å². The largest absolute Gasteiger partial charge is 0.343 e. The maximum atomic E-state index is 12.4. The number of hydrogen-bond acceptors (Lipinski definition) is 3. The van der Waals surface area contributed by atoms with Crippen molar-refractivity contribution in [3.63, 3.8) is 0 Å². The summed E-state index contributed by atoms with van der Waals surface area (Å²) in [5, 5.41) is 7.10. The average molecular weight is 278 g/mol. The molecule has 1 atom stereocenters. The molecule has 0 aromatic carbocycles. The summed E-state index contributed by atoms with van der Waals surface area (Å²) in [6, 6.07) is 1.51. The fourth-order valence-corrected chi connectivity index (χ4v) is 2.40. The van der Waals surface area contributed by atoms with Crippen LogP contribution in [0.3, 0.4) is 0 Å². The summed E-state index contributed by atoms with van der Waals surface area (Å²) in [5.74, 6) is -0.184. The number of hydrogen-bond donors (Lipinski definition) is 1. The van der Waals surface area contributed by atoms with E-state index in [0.717, 1.165) is 17.8 Å². The van der Waals surface area contributed by atoms with Crippen LogP contribution < -0.4 is 5.32 Å². The normalized spacial score (nSPS) is 22.1. The molecule has 0 radical (unpaired) electrons. The molecule has 6 nitrogen and oxygen atoms in total. The maximum absolute atomic E-state index is 12.4. The van der Waals surface area contributed by atoms with Crippen LogP contribution in [0.1, 0.15) is 39.1 Å². The number of carbonyl (C=O) groups excluding carboxylic acids is 2. The van der Waals surface area contributed by atoms with E-state index in [1.807, 2.05) is 20.0 Å². The summed E-state index contributed by atoms with van der Waals surface area (Å²) in [7, 11) is 1.86. The number of aryl methyl sites for hydroxylation is 2. The Morgan fingerprint density at radius 2 is 2.05 bits per heavy atom. The Morgan fingerprint density at radius 3 is 2.60 bits per heavy atom. The number of nitrogens with one attached hydrogen (secondary N) is 1. The third kappa shape index (κ3) is 2.30. The maximum Gasteiger partial charge on any atom is 0.246 e. The molecule has 1 fully saturated rings. The molecule has 2 amide bonds. The minimum atomic E-state index is -0.847. The van der Waals surface area contributed by atoms with Crippen molar-refractivity contribution in [2.45, 2.75) is 52.2 Å². The summed E-state index contributed by atoms with van der Waals surface area (Å²) in [6.07, 6.45) is 0.849. The van der Waals surface area contributed by atoms with Crippen LogP contribution in [-0.2, 0) is 29.6 Å². The molecule has 1 aromatic rings. The zero-order chi connectivity index (χ0) is 15.1. The zero-order valence-electron chi connectivity index (χ0n) is 12.7. The van der Waals surface area contributed by atoms with Crippen LogP contribution in [0.5, 0.6) is 0 Å². The first-order valence-corrected chi connectivity index (χ1v) is 6.91. The van der Waals surface area contributed by atoms with Gasteiger partial charge in [0.05, 0.1) is 17.9 Å². The van der Waals surface area contributed by atoms with Crippen LogP contribution in [0.4, 0.5) is 0 Å². The minimum Gasteiger partial charge on any atom is -0.343 e. The van der Waals surface area contributed by atoms with Gasteiger partial charge in [0.15, 0.2) is 0 Å². The van der Waals surface area contributed by atoms with Gasteiger partial charge in [-0.05, 0) is 33.3 Å². The number of carbonyl (C=O) groups is 2. The Hall–Kier alpha value is -1.85. The molecule has 2 heterocycles. The first-order valence-electron chi connectivity index (χ1n) is 6.91.